The zero-order valence-electron chi connectivity index (χ0n) is 14.1. The monoisotopic (exact) mass is 321 g/mol. The number of urea groups is 1. The van der Waals surface area contributed by atoms with E-state index in [1.165, 1.54) is 12.1 Å². The highest BCUT2D eigenvalue weighted by atomic mass is 19.1. The van der Waals surface area contributed by atoms with Gasteiger partial charge in [-0.05, 0) is 38.7 Å². The minimum atomic E-state index is -0.312. The normalized spacial score (nSPS) is 12.6. The number of carbonyl (C=O) groups excluding carboxylic acids is 1. The minimum absolute atomic E-state index is 0.156. The Labute approximate surface area is 135 Å². The van der Waals surface area contributed by atoms with E-state index in [1.54, 1.807) is 18.0 Å². The first-order valence-corrected chi connectivity index (χ1v) is 7.70. The minimum Gasteiger partial charge on any atom is -0.340 e. The van der Waals surface area contributed by atoms with Crippen molar-refractivity contribution in [3.63, 3.8) is 0 Å². The number of aromatic nitrogens is 2. The number of H-pyrrole nitrogens is 1. The first kappa shape index (κ1) is 17.2. The Kier molecular flexibility index (Phi) is 5.54. The number of likely N-dealkylation sites (N-methyl/N-ethyl adjacent to an activating group) is 1. The van der Waals surface area contributed by atoms with Crippen LogP contribution in [0.15, 0.2) is 18.2 Å². The summed E-state index contributed by atoms with van der Waals surface area (Å²) < 4.78 is 13.2. The molecule has 6 nitrogen and oxygen atoms in total. The number of halogens is 1. The molecule has 0 saturated carbocycles. The number of carbonyl (C=O) groups is 1. The van der Waals surface area contributed by atoms with E-state index in [4.69, 9.17) is 0 Å². The van der Waals surface area contributed by atoms with Gasteiger partial charge in [0.15, 0.2) is 0 Å². The molecule has 2 aromatic rings. The van der Waals surface area contributed by atoms with Crippen LogP contribution in [0.25, 0.3) is 11.0 Å². The highest BCUT2D eigenvalue weighted by Gasteiger charge is 2.14. The first-order valence-electron chi connectivity index (χ1n) is 7.70. The molecule has 7 heteroatoms. The topological polar surface area (TPSA) is 64.3 Å². The van der Waals surface area contributed by atoms with E-state index in [9.17, 15) is 9.18 Å². The molecule has 23 heavy (non-hydrogen) atoms. The maximum absolute atomic E-state index is 13.2. The van der Waals surface area contributed by atoms with Gasteiger partial charge in [-0.25, -0.2) is 14.2 Å². The van der Waals surface area contributed by atoms with Crippen LogP contribution in [0.5, 0.6) is 0 Å². The Morgan fingerprint density at radius 3 is 2.78 bits per heavy atom. The number of hydrogen-bond acceptors (Lipinski definition) is 3. The highest BCUT2D eigenvalue weighted by Crippen LogP contribution is 2.13. The Hall–Kier alpha value is -2.15. The fourth-order valence-corrected chi connectivity index (χ4v) is 2.44. The lowest BCUT2D eigenvalue weighted by molar-refractivity contribution is 0.199. The van der Waals surface area contributed by atoms with Crippen molar-refractivity contribution in [2.24, 2.45) is 0 Å². The molecule has 1 aromatic carbocycles. The molecule has 1 atom stereocenters. The molecular weight excluding hydrogens is 297 g/mol. The molecule has 0 aliphatic rings. The van der Waals surface area contributed by atoms with Crippen LogP contribution >= 0.6 is 0 Å². The molecule has 0 aliphatic heterocycles. The molecule has 0 bridgehead atoms. The number of benzene rings is 1. The van der Waals surface area contributed by atoms with E-state index >= 15 is 0 Å². The molecule has 1 heterocycles. The van der Waals surface area contributed by atoms with Crippen LogP contribution < -0.4 is 5.32 Å². The van der Waals surface area contributed by atoms with Crippen LogP contribution in [0.4, 0.5) is 9.18 Å². The summed E-state index contributed by atoms with van der Waals surface area (Å²) in [5.41, 5.74) is 1.32. The van der Waals surface area contributed by atoms with Gasteiger partial charge >= 0.3 is 6.03 Å². The zero-order chi connectivity index (χ0) is 17.0. The third-order valence-electron chi connectivity index (χ3n) is 3.92. The molecule has 0 radical (unpaired) electrons. The molecule has 0 saturated heterocycles. The van der Waals surface area contributed by atoms with Gasteiger partial charge in [0, 0.05) is 19.6 Å². The van der Waals surface area contributed by atoms with Crippen molar-refractivity contribution in [2.45, 2.75) is 25.9 Å². The van der Waals surface area contributed by atoms with Gasteiger partial charge in [-0.15, -0.1) is 0 Å². The van der Waals surface area contributed by atoms with Crippen LogP contribution in [0.2, 0.25) is 0 Å². The highest BCUT2D eigenvalue weighted by molar-refractivity contribution is 5.76. The molecule has 0 spiro atoms. The number of rotatable bonds is 6. The number of fused-ring (bicyclic) bond motifs is 1. The standard InChI is InChI=1S/C16H24FN5O/c1-5-12(21(2)3)9-18-16(23)22(4)10-15-19-13-7-6-11(17)8-14(13)20-15/h6-8,12H,5,9-10H2,1-4H3,(H,18,23)(H,19,20)/t12-/m1/s1. The molecule has 2 amide bonds. The van der Waals surface area contributed by atoms with Gasteiger partial charge in [-0.2, -0.15) is 0 Å². The van der Waals surface area contributed by atoms with Gasteiger partial charge in [0.25, 0.3) is 0 Å². The maximum atomic E-state index is 13.2. The van der Waals surface area contributed by atoms with E-state index in [0.29, 0.717) is 36.0 Å². The number of nitrogens with zero attached hydrogens (tertiary/aromatic N) is 3. The summed E-state index contributed by atoms with van der Waals surface area (Å²) in [6.45, 7) is 3.02. The SMILES string of the molecule is CC[C@H](CNC(=O)N(C)Cc1nc2ccc(F)cc2[nH]1)N(C)C. The average molecular weight is 321 g/mol. The van der Waals surface area contributed by atoms with Crippen molar-refractivity contribution in [3.8, 4) is 0 Å². The van der Waals surface area contributed by atoms with Gasteiger partial charge in [-0.3, -0.25) is 0 Å². The first-order chi connectivity index (χ1) is 10.9. The van der Waals surface area contributed by atoms with Crippen molar-refractivity contribution in [3.05, 3.63) is 29.8 Å². The van der Waals surface area contributed by atoms with Crippen LogP contribution in [0.3, 0.4) is 0 Å². The number of nitrogens with one attached hydrogen (secondary N) is 2. The third kappa shape index (κ3) is 4.41. The van der Waals surface area contributed by atoms with Crippen LogP contribution in [-0.4, -0.2) is 59.5 Å². The fourth-order valence-electron chi connectivity index (χ4n) is 2.44. The fraction of sp³-hybridized carbons (Fsp3) is 0.500. The Bertz CT molecular complexity index is 670. The quantitative estimate of drug-likeness (QED) is 0.857. The van der Waals surface area contributed by atoms with Crippen molar-refractivity contribution in [2.75, 3.05) is 27.7 Å². The molecule has 2 rings (SSSR count). The third-order valence-corrected chi connectivity index (χ3v) is 3.92. The molecule has 0 aliphatic carbocycles. The smallest absolute Gasteiger partial charge is 0.317 e. The van der Waals surface area contributed by atoms with Gasteiger partial charge < -0.3 is 20.1 Å². The number of imidazole rings is 1. The van der Waals surface area contributed by atoms with Gasteiger partial charge in [0.05, 0.1) is 17.6 Å². The van der Waals surface area contributed by atoms with Gasteiger partial charge in [0.2, 0.25) is 0 Å². The van der Waals surface area contributed by atoms with Crippen molar-refractivity contribution >= 4 is 17.1 Å². The summed E-state index contributed by atoms with van der Waals surface area (Å²) in [4.78, 5) is 23.2. The molecule has 1 aromatic heterocycles. The summed E-state index contributed by atoms with van der Waals surface area (Å²) >= 11 is 0. The van der Waals surface area contributed by atoms with E-state index in [0.717, 1.165) is 6.42 Å². The lowest BCUT2D eigenvalue weighted by atomic mass is 10.2. The summed E-state index contributed by atoms with van der Waals surface area (Å²) in [5.74, 6) is 0.316. The lowest BCUT2D eigenvalue weighted by Crippen LogP contribution is -2.44. The summed E-state index contributed by atoms with van der Waals surface area (Å²) in [6, 6.07) is 4.54. The van der Waals surface area contributed by atoms with Crippen LogP contribution in [-0.2, 0) is 6.54 Å². The Balaban J connectivity index is 1.94. The van der Waals surface area contributed by atoms with Crippen molar-refractivity contribution in [1.29, 1.82) is 0 Å². The molecule has 2 N–H and O–H groups in total. The lowest BCUT2D eigenvalue weighted by Gasteiger charge is -2.24. The van der Waals surface area contributed by atoms with Crippen LogP contribution in [0, 0.1) is 5.82 Å². The maximum Gasteiger partial charge on any atom is 0.317 e. The predicted molar refractivity (Wildman–Crippen MR) is 88.7 cm³/mol. The molecule has 0 fully saturated rings. The zero-order valence-corrected chi connectivity index (χ0v) is 14.1. The van der Waals surface area contributed by atoms with Gasteiger partial charge in [0.1, 0.15) is 11.6 Å². The second-order valence-corrected chi connectivity index (χ2v) is 5.91. The summed E-state index contributed by atoms with van der Waals surface area (Å²) in [6.07, 6.45) is 0.964. The Morgan fingerprint density at radius 2 is 2.13 bits per heavy atom. The molecular formula is C16H24FN5O. The van der Waals surface area contributed by atoms with E-state index < -0.39 is 0 Å². The second-order valence-electron chi connectivity index (χ2n) is 5.91. The number of hydrogen-bond donors (Lipinski definition) is 2. The van der Waals surface area contributed by atoms with Crippen molar-refractivity contribution in [1.82, 2.24) is 25.1 Å². The predicted octanol–water partition coefficient (Wildman–Crippen LogP) is 2.18. The average Bonchev–Trinajstić information content (AvgIpc) is 2.88. The van der Waals surface area contributed by atoms with E-state index in [-0.39, 0.29) is 11.8 Å². The van der Waals surface area contributed by atoms with E-state index in [2.05, 4.69) is 27.1 Å². The largest absolute Gasteiger partial charge is 0.340 e. The van der Waals surface area contributed by atoms with E-state index in [1.807, 2.05) is 14.1 Å². The molecule has 0 unspecified atom stereocenters. The van der Waals surface area contributed by atoms with Crippen molar-refractivity contribution < 1.29 is 9.18 Å². The van der Waals surface area contributed by atoms with Gasteiger partial charge in [-0.1, -0.05) is 6.92 Å². The number of aromatic amines is 1. The Morgan fingerprint density at radius 1 is 1.39 bits per heavy atom. The summed E-state index contributed by atoms with van der Waals surface area (Å²) in [7, 11) is 5.70. The number of amides is 2. The summed E-state index contributed by atoms with van der Waals surface area (Å²) in [5, 5.41) is 2.92. The second kappa shape index (κ2) is 7.41. The van der Waals surface area contributed by atoms with Crippen LogP contribution in [0.1, 0.15) is 19.2 Å². The molecule has 126 valence electrons.